The Morgan fingerprint density at radius 2 is 1.94 bits per heavy atom. The highest BCUT2D eigenvalue weighted by atomic mass is 35.5. The predicted molar refractivity (Wildman–Crippen MR) is 75.5 cm³/mol. The van der Waals surface area contributed by atoms with Crippen molar-refractivity contribution >= 4 is 18.3 Å². The van der Waals surface area contributed by atoms with E-state index in [0.717, 1.165) is 25.9 Å². The molecule has 0 aliphatic heterocycles. The largest absolute Gasteiger partial charge is 0.353 e. The highest BCUT2D eigenvalue weighted by Crippen LogP contribution is 1.93. The van der Waals surface area contributed by atoms with Crippen molar-refractivity contribution in [3.05, 3.63) is 0 Å². The van der Waals surface area contributed by atoms with Gasteiger partial charge in [-0.3, -0.25) is 4.79 Å². The maximum Gasteiger partial charge on any atom is 0.236 e. The summed E-state index contributed by atoms with van der Waals surface area (Å²) >= 11 is 0. The fourth-order valence-corrected chi connectivity index (χ4v) is 1.48. The Morgan fingerprint density at radius 3 is 2.47 bits per heavy atom. The van der Waals surface area contributed by atoms with Crippen molar-refractivity contribution in [2.24, 2.45) is 5.73 Å². The summed E-state index contributed by atoms with van der Waals surface area (Å²) in [5.41, 5.74) is 5.70. The van der Waals surface area contributed by atoms with Crippen LogP contribution in [0.25, 0.3) is 0 Å². The molecule has 5 heteroatoms. The van der Waals surface area contributed by atoms with E-state index < -0.39 is 0 Å². The predicted octanol–water partition coefficient (Wildman–Crippen LogP) is 1.38. The number of rotatable bonds is 9. The zero-order chi connectivity index (χ0) is 12.4. The molecule has 0 aromatic heterocycles. The third kappa shape index (κ3) is 10.5. The first-order chi connectivity index (χ1) is 7.61. The number of unbranched alkanes of at least 4 members (excludes halogenated alkanes) is 1. The van der Waals surface area contributed by atoms with Gasteiger partial charge >= 0.3 is 0 Å². The van der Waals surface area contributed by atoms with Crippen LogP contribution in [0.2, 0.25) is 0 Å². The number of hydrogen-bond acceptors (Lipinski definition) is 3. The summed E-state index contributed by atoms with van der Waals surface area (Å²) in [6, 6.07) is -0.342. The van der Waals surface area contributed by atoms with Crippen molar-refractivity contribution in [2.75, 3.05) is 26.7 Å². The summed E-state index contributed by atoms with van der Waals surface area (Å²) in [5, 5.41) is 2.87. The molecule has 104 valence electrons. The average Bonchev–Trinajstić information content (AvgIpc) is 2.26. The maximum atomic E-state index is 11.5. The Balaban J connectivity index is 0. The van der Waals surface area contributed by atoms with Crippen molar-refractivity contribution < 1.29 is 4.79 Å². The van der Waals surface area contributed by atoms with Crippen molar-refractivity contribution in [3.8, 4) is 0 Å². The molecule has 0 radical (unpaired) electrons. The summed E-state index contributed by atoms with van der Waals surface area (Å²) in [6.07, 6.45) is 4.13. The molecular weight excluding hydrogens is 238 g/mol. The number of carbonyl (C=O) groups excluding carboxylic acids is 1. The van der Waals surface area contributed by atoms with Crippen LogP contribution in [-0.4, -0.2) is 43.5 Å². The summed E-state index contributed by atoms with van der Waals surface area (Å²) in [4.78, 5) is 13.7. The first-order valence-electron chi connectivity index (χ1n) is 6.33. The molecule has 0 aliphatic rings. The molecule has 0 spiro atoms. The molecule has 0 aromatic carbocycles. The van der Waals surface area contributed by atoms with E-state index in [9.17, 15) is 4.79 Å². The normalized spacial score (nSPS) is 12.1. The van der Waals surface area contributed by atoms with E-state index in [1.54, 1.807) is 0 Å². The molecule has 1 amide bonds. The van der Waals surface area contributed by atoms with Gasteiger partial charge in [0, 0.05) is 13.1 Å². The first-order valence-corrected chi connectivity index (χ1v) is 6.33. The van der Waals surface area contributed by atoms with Crippen molar-refractivity contribution in [3.63, 3.8) is 0 Å². The van der Waals surface area contributed by atoms with Crippen LogP contribution in [0, 0.1) is 0 Å². The van der Waals surface area contributed by atoms with Gasteiger partial charge in [0.1, 0.15) is 0 Å². The minimum absolute atomic E-state index is 0. The number of likely N-dealkylation sites (N-methyl/N-ethyl adjacent to an activating group) is 1. The Hall–Kier alpha value is -0.320. The number of nitrogens with two attached hydrogens (primary N) is 1. The van der Waals surface area contributed by atoms with Gasteiger partial charge in [-0.15, -0.1) is 12.4 Å². The summed E-state index contributed by atoms with van der Waals surface area (Å²) in [5.74, 6) is -0.0225. The Morgan fingerprint density at radius 1 is 1.29 bits per heavy atom. The Labute approximate surface area is 112 Å². The lowest BCUT2D eigenvalue weighted by Crippen LogP contribution is -2.43. The molecule has 0 aliphatic carbocycles. The zero-order valence-corrected chi connectivity index (χ0v) is 12.2. The van der Waals surface area contributed by atoms with E-state index in [-0.39, 0.29) is 24.4 Å². The SMILES string of the molecule is CCCCN(C)CCNC(=O)C(N)CCC.Cl. The minimum atomic E-state index is -0.342. The van der Waals surface area contributed by atoms with Gasteiger partial charge in [0.05, 0.1) is 6.04 Å². The second-order valence-corrected chi connectivity index (χ2v) is 4.34. The van der Waals surface area contributed by atoms with E-state index in [0.29, 0.717) is 6.54 Å². The Bertz CT molecular complexity index is 191. The van der Waals surface area contributed by atoms with Gasteiger partial charge in [0.25, 0.3) is 0 Å². The highest BCUT2D eigenvalue weighted by molar-refractivity contribution is 5.85. The molecular formula is C12H28ClN3O. The van der Waals surface area contributed by atoms with Gasteiger partial charge in [0.15, 0.2) is 0 Å². The standard InChI is InChI=1S/C12H27N3O.ClH/c1-4-6-9-15(3)10-8-14-12(16)11(13)7-5-2;/h11H,4-10,13H2,1-3H3,(H,14,16);1H. The van der Waals surface area contributed by atoms with E-state index in [2.05, 4.69) is 24.2 Å². The second-order valence-electron chi connectivity index (χ2n) is 4.34. The topological polar surface area (TPSA) is 58.4 Å². The van der Waals surface area contributed by atoms with Crippen LogP contribution in [0.3, 0.4) is 0 Å². The van der Waals surface area contributed by atoms with Gasteiger partial charge < -0.3 is 16.0 Å². The second kappa shape index (κ2) is 12.1. The smallest absolute Gasteiger partial charge is 0.236 e. The van der Waals surface area contributed by atoms with Gasteiger partial charge in [0.2, 0.25) is 5.91 Å². The number of carbonyl (C=O) groups is 1. The average molecular weight is 266 g/mol. The number of nitrogens with one attached hydrogen (secondary N) is 1. The molecule has 0 saturated heterocycles. The molecule has 0 rings (SSSR count). The van der Waals surface area contributed by atoms with E-state index in [4.69, 9.17) is 5.73 Å². The summed E-state index contributed by atoms with van der Waals surface area (Å²) in [6.45, 7) is 6.89. The lowest BCUT2D eigenvalue weighted by atomic mass is 10.2. The molecule has 0 aromatic rings. The van der Waals surface area contributed by atoms with Gasteiger partial charge in [-0.25, -0.2) is 0 Å². The van der Waals surface area contributed by atoms with Crippen LogP contribution >= 0.6 is 12.4 Å². The number of amides is 1. The number of hydrogen-bond donors (Lipinski definition) is 2. The third-order valence-electron chi connectivity index (χ3n) is 2.62. The molecule has 1 unspecified atom stereocenters. The molecule has 0 fully saturated rings. The lowest BCUT2D eigenvalue weighted by molar-refractivity contribution is -0.122. The zero-order valence-electron chi connectivity index (χ0n) is 11.4. The number of halogens is 1. The van der Waals surface area contributed by atoms with E-state index in [1.807, 2.05) is 6.92 Å². The minimum Gasteiger partial charge on any atom is -0.353 e. The summed E-state index contributed by atoms with van der Waals surface area (Å²) in [7, 11) is 2.08. The molecule has 0 saturated carbocycles. The van der Waals surface area contributed by atoms with E-state index in [1.165, 1.54) is 12.8 Å². The van der Waals surface area contributed by atoms with Crippen molar-refractivity contribution in [1.29, 1.82) is 0 Å². The first kappa shape index (κ1) is 19.0. The van der Waals surface area contributed by atoms with Gasteiger partial charge in [-0.2, -0.15) is 0 Å². The van der Waals surface area contributed by atoms with Gasteiger partial charge in [-0.05, 0) is 26.4 Å². The monoisotopic (exact) mass is 265 g/mol. The molecule has 17 heavy (non-hydrogen) atoms. The fraction of sp³-hybridized carbons (Fsp3) is 0.917. The van der Waals surface area contributed by atoms with Crippen LogP contribution in [0.4, 0.5) is 0 Å². The molecule has 4 nitrogen and oxygen atoms in total. The number of nitrogens with zero attached hydrogens (tertiary/aromatic N) is 1. The van der Waals surface area contributed by atoms with E-state index >= 15 is 0 Å². The van der Waals surface area contributed by atoms with Crippen LogP contribution in [0.5, 0.6) is 0 Å². The maximum absolute atomic E-state index is 11.5. The fourth-order valence-electron chi connectivity index (χ4n) is 1.48. The summed E-state index contributed by atoms with van der Waals surface area (Å²) < 4.78 is 0. The van der Waals surface area contributed by atoms with Crippen molar-refractivity contribution in [2.45, 2.75) is 45.6 Å². The molecule has 0 heterocycles. The third-order valence-corrected chi connectivity index (χ3v) is 2.62. The van der Waals surface area contributed by atoms with Crippen molar-refractivity contribution in [1.82, 2.24) is 10.2 Å². The van der Waals surface area contributed by atoms with Crippen LogP contribution in [0.1, 0.15) is 39.5 Å². The van der Waals surface area contributed by atoms with Crippen LogP contribution < -0.4 is 11.1 Å². The molecule has 3 N–H and O–H groups in total. The van der Waals surface area contributed by atoms with Crippen LogP contribution in [0.15, 0.2) is 0 Å². The Kier molecular flexibility index (Phi) is 13.6. The van der Waals surface area contributed by atoms with Crippen LogP contribution in [-0.2, 0) is 4.79 Å². The highest BCUT2D eigenvalue weighted by Gasteiger charge is 2.11. The lowest BCUT2D eigenvalue weighted by Gasteiger charge is -2.17. The quantitative estimate of drug-likeness (QED) is 0.662. The molecule has 0 bridgehead atoms. The van der Waals surface area contributed by atoms with Gasteiger partial charge in [-0.1, -0.05) is 26.7 Å². The molecule has 1 atom stereocenters.